The lowest BCUT2D eigenvalue weighted by molar-refractivity contribution is 0.0850. The average Bonchev–Trinajstić information content (AvgIpc) is 3.02. The van der Waals surface area contributed by atoms with Crippen molar-refractivity contribution >= 4 is 40.0 Å². The normalized spacial score (nSPS) is 18.9. The average molecular weight is 599 g/mol. The molecule has 0 radical (unpaired) electrons. The first-order valence-electron chi connectivity index (χ1n) is 15.2. The summed E-state index contributed by atoms with van der Waals surface area (Å²) in [5.74, 6) is 0.646. The molecule has 4 heterocycles. The Labute approximate surface area is 257 Å². The van der Waals surface area contributed by atoms with Crippen molar-refractivity contribution in [2.24, 2.45) is 0 Å². The molecule has 230 valence electrons. The number of rotatable bonds is 8. The summed E-state index contributed by atoms with van der Waals surface area (Å²) in [6.07, 6.45) is 5.13. The topological polar surface area (TPSA) is 98.8 Å². The molecule has 2 N–H and O–H groups in total. The molecule has 1 amide bonds. The highest BCUT2D eigenvalue weighted by atomic mass is 19.1. The molecule has 0 saturated carbocycles. The predicted molar refractivity (Wildman–Crippen MR) is 171 cm³/mol. The molecule has 2 aromatic heterocycles. The minimum absolute atomic E-state index is 0.0111. The Hall–Kier alpha value is -4.19. The molecule has 2 saturated heterocycles. The summed E-state index contributed by atoms with van der Waals surface area (Å²) in [7, 11) is 4.07. The quantitative estimate of drug-likeness (QED) is 0.306. The van der Waals surface area contributed by atoms with E-state index in [0.29, 0.717) is 37.2 Å². The van der Waals surface area contributed by atoms with E-state index in [1.807, 2.05) is 51.4 Å². The first-order chi connectivity index (χ1) is 21.4. The van der Waals surface area contributed by atoms with E-state index in [9.17, 15) is 4.79 Å². The van der Waals surface area contributed by atoms with E-state index in [1.165, 1.54) is 12.1 Å². The van der Waals surface area contributed by atoms with Crippen LogP contribution in [0.4, 0.5) is 27.7 Å². The van der Waals surface area contributed by atoms with Gasteiger partial charge >= 0.3 is 0 Å². The fourth-order valence-corrected chi connectivity index (χ4v) is 6.18. The van der Waals surface area contributed by atoms with E-state index in [4.69, 9.17) is 9.72 Å². The summed E-state index contributed by atoms with van der Waals surface area (Å²) in [6.45, 7) is 6.30. The Kier molecular flexibility index (Phi) is 8.96. The molecule has 6 rings (SSSR count). The van der Waals surface area contributed by atoms with E-state index in [-0.39, 0.29) is 17.6 Å². The largest absolute Gasteiger partial charge is 0.377 e. The third kappa shape index (κ3) is 6.35. The maximum absolute atomic E-state index is 15.8. The molecule has 2 aliphatic rings. The molecule has 2 atom stereocenters. The van der Waals surface area contributed by atoms with E-state index in [1.54, 1.807) is 23.4 Å². The van der Waals surface area contributed by atoms with Crippen LogP contribution in [0.3, 0.4) is 0 Å². The predicted octanol–water partition coefficient (Wildman–Crippen LogP) is 4.38. The molecule has 4 aromatic rings. The standard InChI is InChI=1S/C33H39FN8O2/c1-22-6-4-7-23-11-14-36-31(30(22)23)42(25-8-5-13-35-19-25)32(43)27-10-9-24(18-28(27)34)38-33-37-15-12-29(39-33)41-16-17-44-21-26(41)20-40(2)3/h4,6-7,9-12,14-15,18,25-26,35H,5,8,13,16-17,19-21H2,1-3H3,(H,37,38,39)/t25-,26?/m1/s1. The van der Waals surface area contributed by atoms with E-state index < -0.39 is 11.7 Å². The number of nitrogens with one attached hydrogen (secondary N) is 2. The number of hydrogen-bond donors (Lipinski definition) is 2. The zero-order valence-corrected chi connectivity index (χ0v) is 25.5. The Morgan fingerprint density at radius 2 is 2.02 bits per heavy atom. The number of likely N-dealkylation sites (N-methyl/N-ethyl adjacent to an activating group) is 1. The molecule has 2 aliphatic heterocycles. The second-order valence-corrected chi connectivity index (χ2v) is 11.7. The third-order valence-electron chi connectivity index (χ3n) is 8.26. The van der Waals surface area contributed by atoms with Crippen molar-refractivity contribution in [3.05, 3.63) is 77.9 Å². The molecule has 10 nitrogen and oxygen atoms in total. The van der Waals surface area contributed by atoms with Gasteiger partial charge < -0.3 is 25.2 Å². The smallest absolute Gasteiger partial charge is 0.262 e. The maximum atomic E-state index is 15.8. The molecule has 2 fully saturated rings. The molecule has 11 heteroatoms. The van der Waals surface area contributed by atoms with Crippen LogP contribution in [-0.4, -0.2) is 91.3 Å². The van der Waals surface area contributed by atoms with Gasteiger partial charge in [-0.3, -0.25) is 9.69 Å². The van der Waals surface area contributed by atoms with Gasteiger partial charge in [0.15, 0.2) is 0 Å². The molecule has 0 aliphatic carbocycles. The van der Waals surface area contributed by atoms with Crippen molar-refractivity contribution in [2.45, 2.75) is 31.8 Å². The van der Waals surface area contributed by atoms with Crippen LogP contribution in [-0.2, 0) is 4.74 Å². The Balaban J connectivity index is 1.27. The molecule has 1 unspecified atom stereocenters. The second-order valence-electron chi connectivity index (χ2n) is 11.7. The lowest BCUT2D eigenvalue weighted by Gasteiger charge is -2.37. The lowest BCUT2D eigenvalue weighted by Crippen LogP contribution is -2.50. The van der Waals surface area contributed by atoms with Crippen LogP contribution in [0, 0.1) is 12.7 Å². The van der Waals surface area contributed by atoms with Gasteiger partial charge in [-0.05, 0) is 81.7 Å². The van der Waals surface area contributed by atoms with E-state index in [2.05, 4.69) is 30.4 Å². The number of pyridine rings is 1. The van der Waals surface area contributed by atoms with Crippen molar-refractivity contribution in [1.82, 2.24) is 25.2 Å². The number of hydrogen-bond acceptors (Lipinski definition) is 9. The number of amides is 1. The molecule has 0 bridgehead atoms. The minimum atomic E-state index is -0.624. The zero-order valence-electron chi connectivity index (χ0n) is 25.5. The van der Waals surface area contributed by atoms with Gasteiger partial charge in [0.05, 0.1) is 30.9 Å². The molecule has 44 heavy (non-hydrogen) atoms. The number of carbonyl (C=O) groups excluding carboxylic acids is 1. The van der Waals surface area contributed by atoms with Crippen LogP contribution in [0.1, 0.15) is 28.8 Å². The van der Waals surface area contributed by atoms with Crippen molar-refractivity contribution in [1.29, 1.82) is 0 Å². The van der Waals surface area contributed by atoms with Crippen LogP contribution in [0.15, 0.2) is 60.9 Å². The van der Waals surface area contributed by atoms with Gasteiger partial charge in [-0.1, -0.05) is 18.2 Å². The summed E-state index contributed by atoms with van der Waals surface area (Å²) in [6, 6.07) is 14.4. The van der Waals surface area contributed by atoms with Crippen molar-refractivity contribution < 1.29 is 13.9 Å². The monoisotopic (exact) mass is 598 g/mol. The number of carbonyl (C=O) groups is 1. The maximum Gasteiger partial charge on any atom is 0.262 e. The van der Waals surface area contributed by atoms with Gasteiger partial charge in [0, 0.05) is 43.1 Å². The Bertz CT molecular complexity index is 1620. The van der Waals surface area contributed by atoms with E-state index in [0.717, 1.165) is 54.6 Å². The van der Waals surface area contributed by atoms with Crippen LogP contribution < -0.4 is 20.4 Å². The highest BCUT2D eigenvalue weighted by Crippen LogP contribution is 2.32. The van der Waals surface area contributed by atoms with Gasteiger partial charge in [-0.25, -0.2) is 14.4 Å². The van der Waals surface area contributed by atoms with Gasteiger partial charge in [0.1, 0.15) is 17.5 Å². The number of halogens is 1. The van der Waals surface area contributed by atoms with Crippen molar-refractivity contribution in [2.75, 3.05) is 68.6 Å². The lowest BCUT2D eigenvalue weighted by atomic mass is 10.0. The summed E-state index contributed by atoms with van der Waals surface area (Å²) in [4.78, 5) is 34.0. The second kappa shape index (κ2) is 13.2. The Morgan fingerprint density at radius 3 is 2.82 bits per heavy atom. The summed E-state index contributed by atoms with van der Waals surface area (Å²) < 4.78 is 21.5. The molecular weight excluding hydrogens is 559 g/mol. The van der Waals surface area contributed by atoms with Gasteiger partial charge in [0.2, 0.25) is 5.95 Å². The van der Waals surface area contributed by atoms with Crippen LogP contribution in [0.25, 0.3) is 10.8 Å². The molecule has 0 spiro atoms. The van der Waals surface area contributed by atoms with Crippen LogP contribution in [0.2, 0.25) is 0 Å². The minimum Gasteiger partial charge on any atom is -0.377 e. The van der Waals surface area contributed by atoms with Gasteiger partial charge in [-0.2, -0.15) is 4.98 Å². The third-order valence-corrected chi connectivity index (χ3v) is 8.26. The van der Waals surface area contributed by atoms with Crippen molar-refractivity contribution in [3.63, 3.8) is 0 Å². The first kappa shape index (κ1) is 29.9. The van der Waals surface area contributed by atoms with Gasteiger partial charge in [0.25, 0.3) is 5.91 Å². The number of aromatic nitrogens is 3. The number of fused-ring (bicyclic) bond motifs is 1. The number of ether oxygens (including phenoxy) is 1. The number of benzene rings is 2. The van der Waals surface area contributed by atoms with E-state index >= 15 is 4.39 Å². The summed E-state index contributed by atoms with van der Waals surface area (Å²) in [5.41, 5.74) is 1.45. The first-order valence-corrected chi connectivity index (χ1v) is 15.2. The molecule has 2 aromatic carbocycles. The SMILES string of the molecule is Cc1cccc2ccnc(N(C(=O)c3ccc(Nc4nccc(N5CCOCC5CN(C)C)n4)cc3F)[C@@H]3CCCNC3)c12. The summed E-state index contributed by atoms with van der Waals surface area (Å²) in [5, 5.41) is 8.41. The fraction of sp³-hybridized carbons (Fsp3) is 0.394. The van der Waals surface area contributed by atoms with Crippen LogP contribution >= 0.6 is 0 Å². The highest BCUT2D eigenvalue weighted by Gasteiger charge is 2.32. The highest BCUT2D eigenvalue weighted by molar-refractivity contribution is 6.11. The molecular formula is C33H39FN8O2. The van der Waals surface area contributed by atoms with Crippen molar-refractivity contribution in [3.8, 4) is 0 Å². The number of morpholine rings is 1. The zero-order chi connectivity index (χ0) is 30.6. The van der Waals surface area contributed by atoms with Gasteiger partial charge in [-0.15, -0.1) is 0 Å². The fourth-order valence-electron chi connectivity index (χ4n) is 6.18. The van der Waals surface area contributed by atoms with Crippen LogP contribution in [0.5, 0.6) is 0 Å². The number of anilines is 4. The number of piperidine rings is 1. The number of nitrogens with zero attached hydrogens (tertiary/aromatic N) is 6. The Morgan fingerprint density at radius 1 is 1.16 bits per heavy atom. The summed E-state index contributed by atoms with van der Waals surface area (Å²) >= 11 is 0. The number of aryl methyl sites for hydroxylation is 1.